The summed E-state index contributed by atoms with van der Waals surface area (Å²) in [6, 6.07) is 8.70. The van der Waals surface area contributed by atoms with E-state index in [1.54, 1.807) is 0 Å². The number of hydrogen-bond acceptors (Lipinski definition) is 2. The lowest BCUT2D eigenvalue weighted by molar-refractivity contribution is 0.236. The Morgan fingerprint density at radius 1 is 1.22 bits per heavy atom. The number of nitrogens with zero attached hydrogens (tertiary/aromatic N) is 1. The second-order valence-electron chi connectivity index (χ2n) is 4.93. The van der Waals surface area contributed by atoms with Crippen LogP contribution in [0.4, 0.5) is 0 Å². The summed E-state index contributed by atoms with van der Waals surface area (Å²) < 4.78 is 0. The van der Waals surface area contributed by atoms with Crippen molar-refractivity contribution < 1.29 is 0 Å². The molecule has 0 aromatic heterocycles. The van der Waals surface area contributed by atoms with E-state index < -0.39 is 0 Å². The summed E-state index contributed by atoms with van der Waals surface area (Å²) in [5, 5.41) is 4.25. The Labute approximate surface area is 116 Å². The fourth-order valence-corrected chi connectivity index (χ4v) is 1.99. The van der Waals surface area contributed by atoms with E-state index in [0.717, 1.165) is 24.7 Å². The lowest BCUT2D eigenvalue weighted by Crippen LogP contribution is -2.32. The molecular formula is C15H25ClN2. The molecule has 1 aromatic carbocycles. The van der Waals surface area contributed by atoms with Crippen LogP contribution in [0.2, 0.25) is 5.02 Å². The van der Waals surface area contributed by atoms with E-state index >= 15 is 0 Å². The molecule has 0 fully saturated rings. The first-order chi connectivity index (χ1) is 8.63. The van der Waals surface area contributed by atoms with Gasteiger partial charge in [0.25, 0.3) is 0 Å². The van der Waals surface area contributed by atoms with E-state index in [9.17, 15) is 0 Å². The van der Waals surface area contributed by atoms with Crippen molar-refractivity contribution in [3.05, 3.63) is 34.9 Å². The SMILES string of the molecule is CCCNCCC(C)N(C)Cc1ccc(Cl)cc1. The second-order valence-corrected chi connectivity index (χ2v) is 5.37. The Morgan fingerprint density at radius 3 is 2.50 bits per heavy atom. The highest BCUT2D eigenvalue weighted by molar-refractivity contribution is 6.30. The first-order valence-corrected chi connectivity index (χ1v) is 7.16. The zero-order valence-electron chi connectivity index (χ0n) is 11.7. The maximum absolute atomic E-state index is 5.89. The van der Waals surface area contributed by atoms with Gasteiger partial charge in [-0.05, 0) is 57.6 Å². The number of hydrogen-bond donors (Lipinski definition) is 1. The van der Waals surface area contributed by atoms with Gasteiger partial charge in [-0.1, -0.05) is 30.7 Å². The van der Waals surface area contributed by atoms with Crippen molar-refractivity contribution >= 4 is 11.6 Å². The molecule has 0 bridgehead atoms. The van der Waals surface area contributed by atoms with Crippen molar-refractivity contribution in [2.45, 2.75) is 39.3 Å². The molecule has 3 heteroatoms. The molecule has 0 aliphatic rings. The standard InChI is InChI=1S/C15H25ClN2/c1-4-10-17-11-9-13(2)18(3)12-14-5-7-15(16)8-6-14/h5-8,13,17H,4,9-12H2,1-3H3. The molecule has 1 aromatic rings. The molecule has 1 unspecified atom stereocenters. The summed E-state index contributed by atoms with van der Waals surface area (Å²) in [6.45, 7) is 7.67. The molecule has 0 amide bonds. The van der Waals surface area contributed by atoms with Crippen LogP contribution in [-0.4, -0.2) is 31.1 Å². The second kappa shape index (κ2) is 8.52. The zero-order valence-corrected chi connectivity index (χ0v) is 12.5. The molecule has 18 heavy (non-hydrogen) atoms. The minimum atomic E-state index is 0.588. The number of benzene rings is 1. The molecule has 0 aliphatic heterocycles. The highest BCUT2D eigenvalue weighted by Crippen LogP contribution is 2.12. The average molecular weight is 269 g/mol. The van der Waals surface area contributed by atoms with Crippen molar-refractivity contribution in [2.24, 2.45) is 0 Å². The fraction of sp³-hybridized carbons (Fsp3) is 0.600. The summed E-state index contributed by atoms with van der Waals surface area (Å²) in [5.74, 6) is 0. The maximum atomic E-state index is 5.89. The van der Waals surface area contributed by atoms with Crippen molar-refractivity contribution in [1.29, 1.82) is 0 Å². The Morgan fingerprint density at radius 2 is 1.89 bits per heavy atom. The molecule has 0 saturated carbocycles. The van der Waals surface area contributed by atoms with Gasteiger partial charge < -0.3 is 5.32 Å². The molecule has 0 saturated heterocycles. The van der Waals surface area contributed by atoms with E-state index in [0.29, 0.717) is 6.04 Å². The smallest absolute Gasteiger partial charge is 0.0406 e. The predicted octanol–water partition coefficient (Wildman–Crippen LogP) is 3.55. The first-order valence-electron chi connectivity index (χ1n) is 6.79. The predicted molar refractivity (Wildman–Crippen MR) is 80.2 cm³/mol. The fourth-order valence-electron chi connectivity index (χ4n) is 1.87. The molecule has 0 spiro atoms. The van der Waals surface area contributed by atoms with E-state index in [2.05, 4.69) is 43.2 Å². The van der Waals surface area contributed by atoms with Crippen LogP contribution in [0, 0.1) is 0 Å². The van der Waals surface area contributed by atoms with Gasteiger partial charge in [0.1, 0.15) is 0 Å². The molecular weight excluding hydrogens is 244 g/mol. The molecule has 102 valence electrons. The monoisotopic (exact) mass is 268 g/mol. The Kier molecular flexibility index (Phi) is 7.33. The number of halogens is 1. The average Bonchev–Trinajstić information content (AvgIpc) is 2.37. The summed E-state index contributed by atoms with van der Waals surface area (Å²) in [6.07, 6.45) is 2.39. The molecule has 0 aliphatic carbocycles. The summed E-state index contributed by atoms with van der Waals surface area (Å²) >= 11 is 5.89. The molecule has 1 atom stereocenters. The van der Waals surface area contributed by atoms with Crippen LogP contribution in [-0.2, 0) is 6.54 Å². The van der Waals surface area contributed by atoms with E-state index in [1.807, 2.05) is 12.1 Å². The van der Waals surface area contributed by atoms with Crippen molar-refractivity contribution in [2.75, 3.05) is 20.1 Å². The van der Waals surface area contributed by atoms with Gasteiger partial charge in [0.2, 0.25) is 0 Å². The lowest BCUT2D eigenvalue weighted by Gasteiger charge is -2.25. The molecule has 0 radical (unpaired) electrons. The van der Waals surface area contributed by atoms with E-state index in [4.69, 9.17) is 11.6 Å². The van der Waals surface area contributed by atoms with Crippen LogP contribution < -0.4 is 5.32 Å². The molecule has 1 rings (SSSR count). The minimum absolute atomic E-state index is 0.588. The van der Waals surface area contributed by atoms with Crippen LogP contribution in [0.15, 0.2) is 24.3 Å². The van der Waals surface area contributed by atoms with E-state index in [-0.39, 0.29) is 0 Å². The highest BCUT2D eigenvalue weighted by Gasteiger charge is 2.09. The third-order valence-electron chi connectivity index (χ3n) is 3.26. The topological polar surface area (TPSA) is 15.3 Å². The Balaban J connectivity index is 2.30. The van der Waals surface area contributed by atoms with Crippen LogP contribution in [0.5, 0.6) is 0 Å². The van der Waals surface area contributed by atoms with Gasteiger partial charge in [-0.2, -0.15) is 0 Å². The first kappa shape index (κ1) is 15.5. The normalized spacial score (nSPS) is 12.9. The van der Waals surface area contributed by atoms with Gasteiger partial charge in [0.15, 0.2) is 0 Å². The summed E-state index contributed by atoms with van der Waals surface area (Å²) in [5.41, 5.74) is 1.32. The largest absolute Gasteiger partial charge is 0.317 e. The summed E-state index contributed by atoms with van der Waals surface area (Å²) in [7, 11) is 2.18. The number of rotatable bonds is 8. The van der Waals surface area contributed by atoms with Crippen molar-refractivity contribution in [3.63, 3.8) is 0 Å². The van der Waals surface area contributed by atoms with Gasteiger partial charge >= 0.3 is 0 Å². The van der Waals surface area contributed by atoms with Crippen LogP contribution in [0.1, 0.15) is 32.3 Å². The Hall–Kier alpha value is -0.570. The number of nitrogens with one attached hydrogen (secondary N) is 1. The summed E-state index contributed by atoms with van der Waals surface area (Å²) in [4.78, 5) is 2.39. The zero-order chi connectivity index (χ0) is 13.4. The van der Waals surface area contributed by atoms with Gasteiger partial charge in [0, 0.05) is 17.6 Å². The van der Waals surface area contributed by atoms with Crippen LogP contribution in [0.3, 0.4) is 0 Å². The van der Waals surface area contributed by atoms with Gasteiger partial charge in [-0.15, -0.1) is 0 Å². The van der Waals surface area contributed by atoms with Gasteiger partial charge in [-0.3, -0.25) is 4.90 Å². The van der Waals surface area contributed by atoms with Crippen molar-refractivity contribution in [1.82, 2.24) is 10.2 Å². The minimum Gasteiger partial charge on any atom is -0.317 e. The van der Waals surface area contributed by atoms with Gasteiger partial charge in [0.05, 0.1) is 0 Å². The Bertz CT molecular complexity index is 324. The van der Waals surface area contributed by atoms with Crippen molar-refractivity contribution in [3.8, 4) is 0 Å². The lowest BCUT2D eigenvalue weighted by atomic mass is 10.1. The highest BCUT2D eigenvalue weighted by atomic mass is 35.5. The van der Waals surface area contributed by atoms with Crippen LogP contribution >= 0.6 is 11.6 Å². The quantitative estimate of drug-likeness (QED) is 0.726. The van der Waals surface area contributed by atoms with Gasteiger partial charge in [-0.25, -0.2) is 0 Å². The van der Waals surface area contributed by atoms with Crippen LogP contribution in [0.25, 0.3) is 0 Å². The maximum Gasteiger partial charge on any atom is 0.0406 e. The molecule has 2 nitrogen and oxygen atoms in total. The third-order valence-corrected chi connectivity index (χ3v) is 3.52. The third kappa shape index (κ3) is 5.85. The molecule has 0 heterocycles. The molecule has 1 N–H and O–H groups in total. The van der Waals surface area contributed by atoms with E-state index in [1.165, 1.54) is 18.4 Å².